The molecule has 13 heteroatoms. The van der Waals surface area contributed by atoms with Crippen LogP contribution in [0, 0.1) is 0 Å². The number of hydrogen-bond donors (Lipinski definition) is 1. The topological polar surface area (TPSA) is 183 Å². The van der Waals surface area contributed by atoms with E-state index in [4.69, 9.17) is 34.7 Å². The molecular formula is C16H23N3O10. The van der Waals surface area contributed by atoms with E-state index >= 15 is 0 Å². The second kappa shape index (κ2) is 11.8. The van der Waals surface area contributed by atoms with Crippen LogP contribution in [0.3, 0.4) is 0 Å². The molecular weight excluding hydrogens is 394 g/mol. The van der Waals surface area contributed by atoms with E-state index in [2.05, 4.69) is 10.0 Å². The van der Waals surface area contributed by atoms with E-state index in [1.807, 2.05) is 0 Å². The molecule has 0 amide bonds. The van der Waals surface area contributed by atoms with Gasteiger partial charge in [0.05, 0.1) is 0 Å². The molecule has 1 aliphatic rings. The second-order valence-electron chi connectivity index (χ2n) is 5.51. The average Bonchev–Trinajstić information content (AvgIpc) is 2.80. The fraction of sp³-hybridized carbons (Fsp3) is 0.750. The Morgan fingerprint density at radius 3 is 2.38 bits per heavy atom. The summed E-state index contributed by atoms with van der Waals surface area (Å²) in [6.45, 7) is -3.38. The van der Waals surface area contributed by atoms with Crippen molar-refractivity contribution in [3.8, 4) is 0 Å². The van der Waals surface area contributed by atoms with Crippen molar-refractivity contribution in [2.75, 3.05) is 13.2 Å². The number of esters is 4. The van der Waals surface area contributed by atoms with Gasteiger partial charge in [-0.3, -0.25) is 19.2 Å². The van der Waals surface area contributed by atoms with Gasteiger partial charge in [-0.1, -0.05) is 5.11 Å². The van der Waals surface area contributed by atoms with Crippen LogP contribution >= 0.6 is 0 Å². The zero-order valence-electron chi connectivity index (χ0n) is 19.2. The van der Waals surface area contributed by atoms with E-state index in [1.54, 1.807) is 0 Å². The normalized spacial score (nSPS) is 28.8. The van der Waals surface area contributed by atoms with Crippen LogP contribution < -0.4 is 0 Å². The highest BCUT2D eigenvalue weighted by Gasteiger charge is 2.51. The largest absolute Gasteiger partial charge is 0.463 e. The summed E-state index contributed by atoms with van der Waals surface area (Å²) in [5.74, 6) is -4.49. The third-order valence-electron chi connectivity index (χ3n) is 3.41. The molecule has 0 spiro atoms. The maximum atomic E-state index is 12.4. The third kappa shape index (κ3) is 8.34. The van der Waals surface area contributed by atoms with Gasteiger partial charge < -0.3 is 28.8 Å². The van der Waals surface area contributed by atoms with Gasteiger partial charge >= 0.3 is 23.9 Å². The van der Waals surface area contributed by atoms with Crippen LogP contribution in [0.1, 0.15) is 39.0 Å². The first-order valence-electron chi connectivity index (χ1n) is 10.8. The number of azide groups is 1. The molecule has 6 atom stereocenters. The molecule has 0 bridgehead atoms. The van der Waals surface area contributed by atoms with Crippen molar-refractivity contribution in [3.05, 3.63) is 10.4 Å². The molecule has 1 fully saturated rings. The second-order valence-corrected chi connectivity index (χ2v) is 5.51. The standard InChI is InChI=1S/C16H23N3O10/c1-8(20)25-7-11-13(26-9(2)21)14(15(16(24)28-11)27-10(3)22)29-12(23)5-4-6-18-19-17/h11,13-16,24H,4-7H2,1-3H3/t11-,13-,14+,15+,16?/m1/s1/i1D,2D,3D,5D/t5?,11-,13-,14+,15+,16?. The van der Waals surface area contributed by atoms with Crippen molar-refractivity contribution >= 4 is 23.9 Å². The first-order valence-corrected chi connectivity index (χ1v) is 8.07. The molecule has 0 aromatic heterocycles. The number of rotatable bonds is 9. The molecule has 13 nitrogen and oxygen atoms in total. The van der Waals surface area contributed by atoms with Gasteiger partial charge in [-0.2, -0.15) is 0 Å². The van der Waals surface area contributed by atoms with Crippen molar-refractivity contribution < 1.29 is 53.5 Å². The fourth-order valence-corrected chi connectivity index (χ4v) is 2.38. The SMILES string of the molecule is [2H]CC(=O)OC[C@H]1OC(O)[C@@H](OC(=O)C[2H])[C@@H](OC(=O)C([2H])CCN=[N+]=[N-])[C@@H]1OC(=O)C[2H]. The molecule has 0 radical (unpaired) electrons. The molecule has 0 aromatic rings. The highest BCUT2D eigenvalue weighted by atomic mass is 16.7. The predicted molar refractivity (Wildman–Crippen MR) is 91.7 cm³/mol. The molecule has 1 aliphatic heterocycles. The molecule has 2 unspecified atom stereocenters. The minimum atomic E-state index is -1.99. The van der Waals surface area contributed by atoms with Crippen molar-refractivity contribution in [3.63, 3.8) is 0 Å². The monoisotopic (exact) mass is 421 g/mol. The Kier molecular flexibility index (Phi) is 7.41. The minimum Gasteiger partial charge on any atom is -0.463 e. The Bertz CT molecular complexity index is 754. The fourth-order valence-electron chi connectivity index (χ4n) is 2.38. The Balaban J connectivity index is 3.23. The van der Waals surface area contributed by atoms with Crippen LogP contribution in [0.5, 0.6) is 0 Å². The summed E-state index contributed by atoms with van der Waals surface area (Å²) in [6, 6.07) is 0. The van der Waals surface area contributed by atoms with Gasteiger partial charge in [-0.15, -0.1) is 0 Å². The van der Waals surface area contributed by atoms with Gasteiger partial charge in [0.15, 0.2) is 24.6 Å². The lowest BCUT2D eigenvalue weighted by Crippen LogP contribution is -2.62. The number of ether oxygens (including phenoxy) is 5. The summed E-state index contributed by atoms with van der Waals surface area (Å²) in [4.78, 5) is 49.7. The van der Waals surface area contributed by atoms with E-state index in [1.165, 1.54) is 0 Å². The third-order valence-corrected chi connectivity index (χ3v) is 3.41. The van der Waals surface area contributed by atoms with Gasteiger partial charge in [0.2, 0.25) is 0 Å². The number of nitrogens with zero attached hydrogens (tertiary/aromatic N) is 3. The Labute approximate surface area is 171 Å². The summed E-state index contributed by atoms with van der Waals surface area (Å²) in [7, 11) is 0. The molecule has 162 valence electrons. The molecule has 0 aliphatic carbocycles. The predicted octanol–water partition coefficient (Wildman–Crippen LogP) is 0.132. The first kappa shape index (κ1) is 18.2. The summed E-state index contributed by atoms with van der Waals surface area (Å²) in [5.41, 5.74) is 8.29. The van der Waals surface area contributed by atoms with Gasteiger partial charge in [0, 0.05) is 44.0 Å². The summed E-state index contributed by atoms with van der Waals surface area (Å²) in [5, 5.41) is 13.5. The molecule has 1 N–H and O–H groups in total. The van der Waals surface area contributed by atoms with Crippen LogP contribution in [0.15, 0.2) is 5.11 Å². The maximum absolute atomic E-state index is 12.4. The van der Waals surface area contributed by atoms with Crippen LogP contribution in [0.4, 0.5) is 0 Å². The number of aliphatic hydroxyl groups excluding tert-OH is 1. The molecule has 1 heterocycles. The van der Waals surface area contributed by atoms with Gasteiger partial charge in [-0.25, -0.2) is 0 Å². The van der Waals surface area contributed by atoms with E-state index in [0.717, 1.165) is 0 Å². The van der Waals surface area contributed by atoms with Crippen LogP contribution in [0.25, 0.3) is 10.4 Å². The van der Waals surface area contributed by atoms with Crippen LogP contribution in [-0.2, 0) is 42.9 Å². The van der Waals surface area contributed by atoms with E-state index in [9.17, 15) is 24.3 Å². The Morgan fingerprint density at radius 2 is 1.76 bits per heavy atom. The molecule has 0 aromatic carbocycles. The summed E-state index contributed by atoms with van der Waals surface area (Å²) < 4.78 is 54.1. The number of carbonyl (C=O) groups is 4. The van der Waals surface area contributed by atoms with E-state index in [-0.39, 0.29) is 13.0 Å². The van der Waals surface area contributed by atoms with Crippen molar-refractivity contribution in [1.82, 2.24) is 0 Å². The highest BCUT2D eigenvalue weighted by Crippen LogP contribution is 2.28. The van der Waals surface area contributed by atoms with Crippen LogP contribution in [-0.4, -0.2) is 72.8 Å². The first-order chi connectivity index (χ1) is 15.7. The van der Waals surface area contributed by atoms with Gasteiger partial charge in [0.1, 0.15) is 12.7 Å². The molecule has 29 heavy (non-hydrogen) atoms. The highest BCUT2D eigenvalue weighted by molar-refractivity contribution is 5.70. The zero-order valence-corrected chi connectivity index (χ0v) is 15.2. The number of hydrogen-bond acceptors (Lipinski definition) is 11. The number of aliphatic hydroxyl groups is 1. The van der Waals surface area contributed by atoms with Crippen LogP contribution in [0.2, 0.25) is 0 Å². The lowest BCUT2D eigenvalue weighted by molar-refractivity contribution is -0.296. The zero-order chi connectivity index (χ0) is 25.0. The Hall–Kier alpha value is -2.89. The lowest BCUT2D eigenvalue weighted by atomic mass is 9.98. The van der Waals surface area contributed by atoms with Crippen molar-refractivity contribution in [2.45, 2.75) is 64.2 Å². The average molecular weight is 421 g/mol. The molecule has 0 saturated carbocycles. The van der Waals surface area contributed by atoms with Gasteiger partial charge in [0.25, 0.3) is 0 Å². The molecule has 1 rings (SSSR count). The molecule has 1 saturated heterocycles. The van der Waals surface area contributed by atoms with Crippen molar-refractivity contribution in [2.24, 2.45) is 5.11 Å². The minimum absolute atomic E-state index is 0.212. The summed E-state index contributed by atoms with van der Waals surface area (Å²) in [6.07, 6.45) is -10.5. The van der Waals surface area contributed by atoms with Gasteiger partial charge in [-0.05, 0) is 12.0 Å². The quantitative estimate of drug-likeness (QED) is 0.176. The smallest absolute Gasteiger partial charge is 0.306 e. The summed E-state index contributed by atoms with van der Waals surface area (Å²) >= 11 is 0. The van der Waals surface area contributed by atoms with E-state index < -0.39 is 88.3 Å². The van der Waals surface area contributed by atoms with Crippen molar-refractivity contribution in [1.29, 1.82) is 0 Å². The lowest BCUT2D eigenvalue weighted by Gasteiger charge is -2.42. The van der Waals surface area contributed by atoms with E-state index in [0.29, 0.717) is 0 Å². The number of carbonyl (C=O) groups excluding carboxylic acids is 4. The Morgan fingerprint density at radius 1 is 1.10 bits per heavy atom. The maximum Gasteiger partial charge on any atom is 0.306 e.